The average molecular weight is 345 g/mol. The molecule has 1 aliphatic heterocycles. The molecular formula is C23H27N3. The number of unbranched alkanes of at least 4 members (excludes halogenated alkanes) is 1. The smallest absolute Gasteiger partial charge is 0.129 e. The molecule has 1 aromatic heterocycles. The van der Waals surface area contributed by atoms with Crippen molar-refractivity contribution in [1.82, 2.24) is 9.88 Å². The Labute approximate surface area is 156 Å². The first kappa shape index (κ1) is 17.0. The van der Waals surface area contributed by atoms with Crippen LogP contribution in [0.1, 0.15) is 19.8 Å². The van der Waals surface area contributed by atoms with Gasteiger partial charge in [-0.1, -0.05) is 67.9 Å². The van der Waals surface area contributed by atoms with E-state index in [-0.39, 0.29) is 0 Å². The number of anilines is 1. The standard InChI is InChI=1S/C23H27N3/c1-2-3-13-25-14-16-26(17-15-25)22-18-20-11-7-8-12-21(20)23(24-22)19-9-5-4-6-10-19/h4-12,18H,2-3,13-17H2,1H3. The Morgan fingerprint density at radius 3 is 2.38 bits per heavy atom. The molecule has 0 spiro atoms. The van der Waals surface area contributed by atoms with Gasteiger partial charge in [-0.3, -0.25) is 4.90 Å². The van der Waals surface area contributed by atoms with Crippen molar-refractivity contribution in [3.05, 3.63) is 60.7 Å². The van der Waals surface area contributed by atoms with Crippen molar-refractivity contribution in [3.63, 3.8) is 0 Å². The van der Waals surface area contributed by atoms with E-state index in [9.17, 15) is 0 Å². The third-order valence-electron chi connectivity index (χ3n) is 5.30. The second-order valence-corrected chi connectivity index (χ2v) is 7.10. The Balaban J connectivity index is 1.65. The topological polar surface area (TPSA) is 19.4 Å². The van der Waals surface area contributed by atoms with Crippen molar-refractivity contribution in [2.45, 2.75) is 19.8 Å². The highest BCUT2D eigenvalue weighted by atomic mass is 15.3. The average Bonchev–Trinajstić information content (AvgIpc) is 2.72. The molecule has 0 aliphatic carbocycles. The lowest BCUT2D eigenvalue weighted by molar-refractivity contribution is 0.253. The van der Waals surface area contributed by atoms with Crippen LogP contribution in [0.3, 0.4) is 0 Å². The zero-order chi connectivity index (χ0) is 17.8. The molecule has 3 aromatic rings. The van der Waals surface area contributed by atoms with E-state index in [1.165, 1.54) is 35.7 Å². The van der Waals surface area contributed by atoms with Gasteiger partial charge in [-0.25, -0.2) is 4.98 Å². The van der Waals surface area contributed by atoms with E-state index in [0.29, 0.717) is 0 Å². The van der Waals surface area contributed by atoms with Crippen LogP contribution in [0.4, 0.5) is 5.82 Å². The van der Waals surface area contributed by atoms with Gasteiger partial charge in [-0.2, -0.15) is 0 Å². The molecule has 0 unspecified atom stereocenters. The van der Waals surface area contributed by atoms with Crippen LogP contribution in [0, 0.1) is 0 Å². The summed E-state index contributed by atoms with van der Waals surface area (Å²) in [4.78, 5) is 10.1. The first-order valence-corrected chi connectivity index (χ1v) is 9.77. The van der Waals surface area contributed by atoms with Crippen molar-refractivity contribution in [2.75, 3.05) is 37.6 Å². The van der Waals surface area contributed by atoms with E-state index in [1.807, 2.05) is 0 Å². The van der Waals surface area contributed by atoms with Crippen LogP contribution in [-0.2, 0) is 0 Å². The molecule has 2 aromatic carbocycles. The van der Waals surface area contributed by atoms with Gasteiger partial charge < -0.3 is 4.90 Å². The normalized spacial score (nSPS) is 15.5. The molecule has 3 heteroatoms. The van der Waals surface area contributed by atoms with Gasteiger partial charge in [0.2, 0.25) is 0 Å². The highest BCUT2D eigenvalue weighted by Gasteiger charge is 2.19. The molecule has 1 saturated heterocycles. The minimum atomic E-state index is 1.06. The van der Waals surface area contributed by atoms with Crippen LogP contribution in [0.5, 0.6) is 0 Å². The second-order valence-electron chi connectivity index (χ2n) is 7.10. The van der Waals surface area contributed by atoms with Crippen molar-refractivity contribution in [1.29, 1.82) is 0 Å². The highest BCUT2D eigenvalue weighted by Crippen LogP contribution is 2.30. The third kappa shape index (κ3) is 3.58. The summed E-state index contributed by atoms with van der Waals surface area (Å²) in [6.07, 6.45) is 2.57. The zero-order valence-corrected chi connectivity index (χ0v) is 15.6. The molecule has 4 rings (SSSR count). The molecule has 0 radical (unpaired) electrons. The molecule has 3 nitrogen and oxygen atoms in total. The van der Waals surface area contributed by atoms with Gasteiger partial charge in [0.15, 0.2) is 0 Å². The summed E-state index contributed by atoms with van der Waals surface area (Å²) in [6.45, 7) is 7.88. The van der Waals surface area contributed by atoms with Crippen LogP contribution in [0.15, 0.2) is 60.7 Å². The van der Waals surface area contributed by atoms with Gasteiger partial charge in [-0.15, -0.1) is 0 Å². The molecule has 134 valence electrons. The molecule has 0 saturated carbocycles. The van der Waals surface area contributed by atoms with Crippen molar-refractivity contribution < 1.29 is 0 Å². The Kier molecular flexibility index (Phi) is 5.16. The number of nitrogens with zero attached hydrogens (tertiary/aromatic N) is 3. The molecule has 0 atom stereocenters. The summed E-state index contributed by atoms with van der Waals surface area (Å²) in [5.41, 5.74) is 2.28. The van der Waals surface area contributed by atoms with E-state index in [1.54, 1.807) is 0 Å². The predicted octanol–water partition coefficient (Wildman–Crippen LogP) is 4.82. The fourth-order valence-electron chi connectivity index (χ4n) is 3.75. The minimum Gasteiger partial charge on any atom is -0.354 e. The maximum absolute atomic E-state index is 5.09. The highest BCUT2D eigenvalue weighted by molar-refractivity contribution is 5.96. The van der Waals surface area contributed by atoms with E-state index >= 15 is 0 Å². The van der Waals surface area contributed by atoms with E-state index in [2.05, 4.69) is 77.4 Å². The zero-order valence-electron chi connectivity index (χ0n) is 15.6. The van der Waals surface area contributed by atoms with E-state index in [4.69, 9.17) is 4.98 Å². The lowest BCUT2D eigenvalue weighted by atomic mass is 10.0. The molecule has 0 bridgehead atoms. The van der Waals surface area contributed by atoms with Crippen molar-refractivity contribution >= 4 is 16.6 Å². The number of hydrogen-bond acceptors (Lipinski definition) is 3. The summed E-state index contributed by atoms with van der Waals surface area (Å²) in [7, 11) is 0. The molecule has 0 amide bonds. The van der Waals surface area contributed by atoms with Gasteiger partial charge in [0.05, 0.1) is 5.69 Å². The van der Waals surface area contributed by atoms with Gasteiger partial charge in [0.25, 0.3) is 0 Å². The van der Waals surface area contributed by atoms with Crippen LogP contribution in [0.25, 0.3) is 22.0 Å². The Morgan fingerprint density at radius 1 is 0.885 bits per heavy atom. The van der Waals surface area contributed by atoms with Crippen LogP contribution in [0.2, 0.25) is 0 Å². The lowest BCUT2D eigenvalue weighted by Gasteiger charge is -2.35. The first-order chi connectivity index (χ1) is 12.8. The lowest BCUT2D eigenvalue weighted by Crippen LogP contribution is -2.46. The number of aromatic nitrogens is 1. The summed E-state index contributed by atoms with van der Waals surface area (Å²) in [5, 5.41) is 2.49. The van der Waals surface area contributed by atoms with Gasteiger partial charge in [-0.05, 0) is 24.4 Å². The number of rotatable bonds is 5. The molecule has 1 fully saturated rings. The SMILES string of the molecule is CCCCN1CCN(c2cc3ccccc3c(-c3ccccc3)n2)CC1. The Morgan fingerprint density at radius 2 is 1.62 bits per heavy atom. The molecule has 0 N–H and O–H groups in total. The summed E-state index contributed by atoms with van der Waals surface area (Å²) in [6, 6.07) is 21.4. The largest absolute Gasteiger partial charge is 0.354 e. The van der Waals surface area contributed by atoms with Crippen LogP contribution in [-0.4, -0.2) is 42.6 Å². The van der Waals surface area contributed by atoms with Crippen LogP contribution < -0.4 is 4.90 Å². The number of piperazine rings is 1. The second kappa shape index (κ2) is 7.88. The molecule has 2 heterocycles. The number of pyridine rings is 1. The van der Waals surface area contributed by atoms with Gasteiger partial charge in [0, 0.05) is 37.1 Å². The fraction of sp³-hybridized carbons (Fsp3) is 0.348. The summed E-state index contributed by atoms with van der Waals surface area (Å²) in [5.74, 6) is 1.11. The van der Waals surface area contributed by atoms with Gasteiger partial charge >= 0.3 is 0 Å². The third-order valence-corrected chi connectivity index (χ3v) is 5.30. The molecule has 26 heavy (non-hydrogen) atoms. The fourth-order valence-corrected chi connectivity index (χ4v) is 3.75. The Bertz CT molecular complexity index is 852. The van der Waals surface area contributed by atoms with E-state index in [0.717, 1.165) is 37.7 Å². The molecular weight excluding hydrogens is 318 g/mol. The number of hydrogen-bond donors (Lipinski definition) is 0. The summed E-state index contributed by atoms with van der Waals surface area (Å²) >= 11 is 0. The van der Waals surface area contributed by atoms with E-state index < -0.39 is 0 Å². The monoisotopic (exact) mass is 345 g/mol. The van der Waals surface area contributed by atoms with Crippen molar-refractivity contribution in [2.24, 2.45) is 0 Å². The molecule has 1 aliphatic rings. The van der Waals surface area contributed by atoms with Crippen molar-refractivity contribution in [3.8, 4) is 11.3 Å². The Hall–Kier alpha value is -2.39. The number of fused-ring (bicyclic) bond motifs is 1. The number of benzene rings is 2. The summed E-state index contributed by atoms with van der Waals surface area (Å²) < 4.78 is 0. The quantitative estimate of drug-likeness (QED) is 0.660. The maximum Gasteiger partial charge on any atom is 0.129 e. The maximum atomic E-state index is 5.09. The minimum absolute atomic E-state index is 1.06. The van der Waals surface area contributed by atoms with Gasteiger partial charge in [0.1, 0.15) is 5.82 Å². The van der Waals surface area contributed by atoms with Crippen LogP contribution >= 0.6 is 0 Å². The predicted molar refractivity (Wildman–Crippen MR) is 111 cm³/mol. The first-order valence-electron chi connectivity index (χ1n) is 9.77.